The van der Waals surface area contributed by atoms with Crippen LogP contribution in [0.4, 0.5) is 13.2 Å². The maximum atomic E-state index is 13.1. The first-order chi connectivity index (χ1) is 12.4. The first-order valence-corrected chi connectivity index (χ1v) is 9.12. The summed E-state index contributed by atoms with van der Waals surface area (Å²) in [4.78, 5) is 12.0. The topological polar surface area (TPSA) is 47.6 Å². The minimum atomic E-state index is -4.26. The van der Waals surface area contributed by atoms with E-state index in [2.05, 4.69) is 5.32 Å². The fraction of sp³-hybridized carbons (Fsp3) is 0.632. The third-order valence-electron chi connectivity index (χ3n) is 4.49. The Kier molecular flexibility index (Phi) is 7.60. The van der Waals surface area contributed by atoms with Gasteiger partial charge in [-0.25, -0.2) is 0 Å². The maximum Gasteiger partial charge on any atom is 0.393 e. The molecular weight excluding hydrogens is 347 g/mol. The van der Waals surface area contributed by atoms with Crippen LogP contribution in [0.1, 0.15) is 45.4 Å². The second-order valence-corrected chi connectivity index (χ2v) is 6.44. The summed E-state index contributed by atoms with van der Waals surface area (Å²) >= 11 is 0. The van der Waals surface area contributed by atoms with Crippen LogP contribution in [0.25, 0.3) is 0 Å². The number of benzene rings is 1. The summed E-state index contributed by atoms with van der Waals surface area (Å²) in [6.45, 7) is 2.69. The Balaban J connectivity index is 1.75. The SMILES string of the molecule is CCOc1ccccc1OCCCC(=O)NC1CCCCC1C(F)(F)F. The average molecular weight is 373 g/mol. The van der Waals surface area contributed by atoms with Gasteiger partial charge in [0.25, 0.3) is 0 Å². The van der Waals surface area contributed by atoms with Crippen molar-refractivity contribution in [2.24, 2.45) is 5.92 Å². The van der Waals surface area contributed by atoms with Gasteiger partial charge in [0.05, 0.1) is 19.1 Å². The van der Waals surface area contributed by atoms with Crippen LogP contribution in [0.5, 0.6) is 11.5 Å². The van der Waals surface area contributed by atoms with Gasteiger partial charge in [0.1, 0.15) is 0 Å². The van der Waals surface area contributed by atoms with Crippen LogP contribution in [-0.2, 0) is 4.79 Å². The average Bonchev–Trinajstić information content (AvgIpc) is 2.60. The Morgan fingerprint density at radius 2 is 1.81 bits per heavy atom. The molecule has 0 radical (unpaired) electrons. The van der Waals surface area contributed by atoms with E-state index in [0.717, 1.165) is 6.42 Å². The highest BCUT2D eigenvalue weighted by Crippen LogP contribution is 2.37. The lowest BCUT2D eigenvalue weighted by atomic mass is 9.84. The lowest BCUT2D eigenvalue weighted by Gasteiger charge is -2.33. The molecule has 1 aliphatic carbocycles. The number of carbonyl (C=O) groups excluding carboxylic acids is 1. The molecule has 4 nitrogen and oxygen atoms in total. The van der Waals surface area contributed by atoms with Crippen LogP contribution < -0.4 is 14.8 Å². The number of nitrogens with one attached hydrogen (secondary N) is 1. The van der Waals surface area contributed by atoms with Gasteiger partial charge in [0.2, 0.25) is 5.91 Å². The Labute approximate surface area is 152 Å². The van der Waals surface area contributed by atoms with Gasteiger partial charge in [-0.1, -0.05) is 25.0 Å². The van der Waals surface area contributed by atoms with Crippen LogP contribution in [0.15, 0.2) is 24.3 Å². The molecule has 1 aromatic carbocycles. The Morgan fingerprint density at radius 3 is 2.46 bits per heavy atom. The van der Waals surface area contributed by atoms with Gasteiger partial charge >= 0.3 is 6.18 Å². The highest BCUT2D eigenvalue weighted by molar-refractivity contribution is 5.76. The summed E-state index contributed by atoms with van der Waals surface area (Å²) in [6.07, 6.45) is -1.95. The third-order valence-corrected chi connectivity index (χ3v) is 4.49. The molecule has 1 aliphatic rings. The summed E-state index contributed by atoms with van der Waals surface area (Å²) in [5, 5.41) is 2.57. The van der Waals surface area contributed by atoms with Gasteiger partial charge in [-0.05, 0) is 38.3 Å². The van der Waals surface area contributed by atoms with Crippen molar-refractivity contribution < 1.29 is 27.4 Å². The van der Waals surface area contributed by atoms with Crippen LogP contribution in [0, 0.1) is 5.92 Å². The van der Waals surface area contributed by atoms with E-state index in [4.69, 9.17) is 9.47 Å². The standard InChI is InChI=1S/C19H26F3NO3/c1-2-25-16-10-5-6-11-17(16)26-13-7-12-18(24)23-15-9-4-3-8-14(15)19(20,21)22/h5-6,10-11,14-15H,2-4,7-9,12-13H2,1H3,(H,23,24). The quantitative estimate of drug-likeness (QED) is 0.684. The second-order valence-electron chi connectivity index (χ2n) is 6.44. The van der Waals surface area contributed by atoms with E-state index < -0.39 is 18.1 Å². The highest BCUT2D eigenvalue weighted by Gasteiger charge is 2.45. The lowest BCUT2D eigenvalue weighted by molar-refractivity contribution is -0.189. The lowest BCUT2D eigenvalue weighted by Crippen LogP contribution is -2.47. The van der Waals surface area contributed by atoms with E-state index >= 15 is 0 Å². The highest BCUT2D eigenvalue weighted by atomic mass is 19.4. The summed E-state index contributed by atoms with van der Waals surface area (Å²) in [7, 11) is 0. The molecule has 0 heterocycles. The largest absolute Gasteiger partial charge is 0.490 e. The molecule has 1 saturated carbocycles. The number of hydrogen-bond donors (Lipinski definition) is 1. The Hall–Kier alpha value is -1.92. The number of amides is 1. The van der Waals surface area contributed by atoms with Gasteiger partial charge in [-0.3, -0.25) is 4.79 Å². The van der Waals surface area contributed by atoms with Crippen molar-refractivity contribution in [1.29, 1.82) is 0 Å². The number of ether oxygens (including phenoxy) is 2. The van der Waals surface area contributed by atoms with Crippen molar-refractivity contribution in [2.75, 3.05) is 13.2 Å². The van der Waals surface area contributed by atoms with E-state index in [-0.39, 0.29) is 18.7 Å². The van der Waals surface area contributed by atoms with Crippen molar-refractivity contribution in [1.82, 2.24) is 5.32 Å². The molecule has 1 fully saturated rings. The summed E-state index contributed by atoms with van der Waals surface area (Å²) in [5.74, 6) is -0.559. The van der Waals surface area contributed by atoms with Crippen molar-refractivity contribution in [2.45, 2.75) is 57.7 Å². The zero-order chi connectivity index (χ0) is 19.0. The Bertz CT molecular complexity index is 577. The zero-order valence-electron chi connectivity index (χ0n) is 15.0. The molecule has 1 aromatic rings. The van der Waals surface area contributed by atoms with Gasteiger partial charge in [-0.15, -0.1) is 0 Å². The molecule has 0 saturated heterocycles. The summed E-state index contributed by atoms with van der Waals surface area (Å²) in [6, 6.07) is 6.43. The van der Waals surface area contributed by atoms with E-state index in [1.165, 1.54) is 0 Å². The van der Waals surface area contributed by atoms with Gasteiger partial charge in [0, 0.05) is 12.5 Å². The van der Waals surface area contributed by atoms with Crippen molar-refractivity contribution >= 4 is 5.91 Å². The fourth-order valence-corrected chi connectivity index (χ4v) is 3.23. The van der Waals surface area contributed by atoms with Crippen LogP contribution in [-0.4, -0.2) is 31.3 Å². The molecule has 1 N–H and O–H groups in total. The van der Waals surface area contributed by atoms with Crippen LogP contribution >= 0.6 is 0 Å². The predicted octanol–water partition coefficient (Wildman–Crippen LogP) is 4.48. The fourth-order valence-electron chi connectivity index (χ4n) is 3.23. The number of halogens is 3. The smallest absolute Gasteiger partial charge is 0.393 e. The van der Waals surface area contributed by atoms with E-state index in [0.29, 0.717) is 44.0 Å². The Morgan fingerprint density at radius 1 is 1.15 bits per heavy atom. The number of para-hydroxylation sites is 2. The molecule has 2 atom stereocenters. The molecule has 0 spiro atoms. The molecule has 26 heavy (non-hydrogen) atoms. The first-order valence-electron chi connectivity index (χ1n) is 9.12. The molecule has 146 valence electrons. The summed E-state index contributed by atoms with van der Waals surface area (Å²) in [5.41, 5.74) is 0. The number of alkyl halides is 3. The van der Waals surface area contributed by atoms with Crippen molar-refractivity contribution in [3.8, 4) is 11.5 Å². The zero-order valence-corrected chi connectivity index (χ0v) is 15.0. The van der Waals surface area contributed by atoms with E-state index in [9.17, 15) is 18.0 Å². The molecular formula is C19H26F3NO3. The molecule has 0 bridgehead atoms. The predicted molar refractivity (Wildman–Crippen MR) is 92.3 cm³/mol. The van der Waals surface area contributed by atoms with Gasteiger partial charge in [-0.2, -0.15) is 13.2 Å². The minimum absolute atomic E-state index is 0.0891. The van der Waals surface area contributed by atoms with Crippen molar-refractivity contribution in [3.63, 3.8) is 0 Å². The molecule has 7 heteroatoms. The van der Waals surface area contributed by atoms with E-state index in [1.807, 2.05) is 19.1 Å². The van der Waals surface area contributed by atoms with Gasteiger partial charge < -0.3 is 14.8 Å². The first kappa shape index (κ1) is 20.4. The van der Waals surface area contributed by atoms with E-state index in [1.54, 1.807) is 12.1 Å². The van der Waals surface area contributed by atoms with Crippen LogP contribution in [0.3, 0.4) is 0 Å². The van der Waals surface area contributed by atoms with Crippen LogP contribution in [0.2, 0.25) is 0 Å². The number of carbonyl (C=O) groups is 1. The molecule has 0 aromatic heterocycles. The number of hydrogen-bond acceptors (Lipinski definition) is 3. The molecule has 2 rings (SSSR count). The maximum absolute atomic E-state index is 13.1. The van der Waals surface area contributed by atoms with Gasteiger partial charge in [0.15, 0.2) is 11.5 Å². The monoisotopic (exact) mass is 373 g/mol. The normalized spacial score (nSPS) is 20.5. The summed E-state index contributed by atoms with van der Waals surface area (Å²) < 4.78 is 50.2. The van der Waals surface area contributed by atoms with Crippen molar-refractivity contribution in [3.05, 3.63) is 24.3 Å². The third kappa shape index (κ3) is 6.11. The molecule has 2 unspecified atom stereocenters. The number of rotatable bonds is 8. The molecule has 0 aliphatic heterocycles. The minimum Gasteiger partial charge on any atom is -0.490 e. The second kappa shape index (κ2) is 9.69. The molecule has 1 amide bonds.